The van der Waals surface area contributed by atoms with Crippen molar-refractivity contribution in [2.24, 2.45) is 5.73 Å². The molecule has 1 aromatic heterocycles. The van der Waals surface area contributed by atoms with Gasteiger partial charge in [0.15, 0.2) is 0 Å². The van der Waals surface area contributed by atoms with Gasteiger partial charge in [-0.1, -0.05) is 0 Å². The molecule has 2 heterocycles. The molecule has 0 radical (unpaired) electrons. The molecule has 134 valence electrons. The minimum atomic E-state index is -0.0445. The maximum absolute atomic E-state index is 12.2. The van der Waals surface area contributed by atoms with E-state index in [0.29, 0.717) is 13.0 Å². The third kappa shape index (κ3) is 5.01. The number of thiazole rings is 1. The maximum atomic E-state index is 12.2. The first-order chi connectivity index (χ1) is 12.1. The molecule has 3 rings (SSSR count). The van der Waals surface area contributed by atoms with Crippen LogP contribution in [0.5, 0.6) is 0 Å². The Morgan fingerprint density at radius 1 is 1.24 bits per heavy atom. The van der Waals surface area contributed by atoms with Crippen LogP contribution in [0.25, 0.3) is 0 Å². The number of nitrogens with two attached hydrogens (primary N) is 1. The number of hydrogen-bond acceptors (Lipinski definition) is 6. The molecule has 0 saturated carbocycles. The second-order valence-electron chi connectivity index (χ2n) is 6.33. The Morgan fingerprint density at radius 3 is 2.64 bits per heavy atom. The van der Waals surface area contributed by atoms with Gasteiger partial charge >= 0.3 is 0 Å². The average Bonchev–Trinajstić information content (AvgIpc) is 3.03. The highest BCUT2D eigenvalue weighted by molar-refractivity contribution is 7.09. The molecule has 3 N–H and O–H groups in total. The van der Waals surface area contributed by atoms with Crippen LogP contribution in [0.1, 0.15) is 10.7 Å². The van der Waals surface area contributed by atoms with Gasteiger partial charge in [0.2, 0.25) is 5.91 Å². The molecule has 6 nitrogen and oxygen atoms in total. The van der Waals surface area contributed by atoms with E-state index in [1.54, 1.807) is 11.3 Å². The Bertz CT molecular complexity index is 692. The Labute approximate surface area is 152 Å². The zero-order valence-electron chi connectivity index (χ0n) is 14.6. The van der Waals surface area contributed by atoms with Gasteiger partial charge in [-0.25, -0.2) is 4.98 Å². The summed E-state index contributed by atoms with van der Waals surface area (Å²) in [6.45, 7) is 4.82. The first-order valence-corrected chi connectivity index (χ1v) is 9.49. The van der Waals surface area contributed by atoms with Crippen molar-refractivity contribution in [2.75, 3.05) is 50.0 Å². The van der Waals surface area contributed by atoms with Crippen molar-refractivity contribution in [3.63, 3.8) is 0 Å². The number of carbonyl (C=O) groups is 1. The van der Waals surface area contributed by atoms with E-state index in [0.717, 1.165) is 49.0 Å². The van der Waals surface area contributed by atoms with Crippen LogP contribution in [-0.2, 0) is 17.6 Å². The SMILES string of the molecule is CN1CCN(c2ccc(NC(=O)Cc3csc(CCN)n3)cc2)CC1. The summed E-state index contributed by atoms with van der Waals surface area (Å²) in [6, 6.07) is 8.07. The van der Waals surface area contributed by atoms with E-state index in [1.165, 1.54) is 5.69 Å². The number of benzene rings is 1. The molecule has 1 amide bonds. The number of likely N-dealkylation sites (N-methyl/N-ethyl adjacent to an activating group) is 1. The van der Waals surface area contributed by atoms with Crippen molar-refractivity contribution >= 4 is 28.6 Å². The van der Waals surface area contributed by atoms with E-state index in [-0.39, 0.29) is 5.91 Å². The van der Waals surface area contributed by atoms with Gasteiger partial charge in [-0.2, -0.15) is 0 Å². The molecule has 0 unspecified atom stereocenters. The van der Waals surface area contributed by atoms with Crippen LogP contribution in [0.3, 0.4) is 0 Å². The van der Waals surface area contributed by atoms with Gasteiger partial charge in [0.05, 0.1) is 17.1 Å². The van der Waals surface area contributed by atoms with Crippen molar-refractivity contribution in [3.8, 4) is 0 Å². The predicted molar refractivity (Wildman–Crippen MR) is 103 cm³/mol. The molecule has 0 spiro atoms. The Morgan fingerprint density at radius 2 is 1.96 bits per heavy atom. The van der Waals surface area contributed by atoms with Gasteiger partial charge < -0.3 is 20.9 Å². The summed E-state index contributed by atoms with van der Waals surface area (Å²) in [5.41, 5.74) is 8.36. The molecule has 2 aromatic rings. The quantitative estimate of drug-likeness (QED) is 0.819. The van der Waals surface area contributed by atoms with E-state index in [1.807, 2.05) is 17.5 Å². The highest BCUT2D eigenvalue weighted by Crippen LogP contribution is 2.19. The lowest BCUT2D eigenvalue weighted by Crippen LogP contribution is -2.44. The molecule has 1 aromatic carbocycles. The third-order valence-corrected chi connectivity index (χ3v) is 5.28. The fourth-order valence-corrected chi connectivity index (χ4v) is 3.67. The van der Waals surface area contributed by atoms with Gasteiger partial charge in [0, 0.05) is 49.4 Å². The van der Waals surface area contributed by atoms with E-state index < -0.39 is 0 Å². The second-order valence-corrected chi connectivity index (χ2v) is 7.28. The third-order valence-electron chi connectivity index (χ3n) is 4.32. The normalized spacial score (nSPS) is 15.4. The van der Waals surface area contributed by atoms with Crippen LogP contribution >= 0.6 is 11.3 Å². The summed E-state index contributed by atoms with van der Waals surface area (Å²) in [5.74, 6) is -0.0445. The van der Waals surface area contributed by atoms with Gasteiger partial charge in [0.25, 0.3) is 0 Å². The number of aromatic nitrogens is 1. The molecule has 0 atom stereocenters. The van der Waals surface area contributed by atoms with Gasteiger partial charge in [-0.05, 0) is 37.9 Å². The Balaban J connectivity index is 1.52. The number of rotatable bonds is 6. The summed E-state index contributed by atoms with van der Waals surface area (Å²) in [4.78, 5) is 21.3. The summed E-state index contributed by atoms with van der Waals surface area (Å²) in [6.07, 6.45) is 1.06. The van der Waals surface area contributed by atoms with Crippen LogP contribution in [0, 0.1) is 0 Å². The lowest BCUT2D eigenvalue weighted by molar-refractivity contribution is -0.115. The first kappa shape index (κ1) is 17.8. The van der Waals surface area contributed by atoms with Crippen LogP contribution in [-0.4, -0.2) is 55.6 Å². The van der Waals surface area contributed by atoms with Gasteiger partial charge in [0.1, 0.15) is 0 Å². The number of hydrogen-bond donors (Lipinski definition) is 2. The topological polar surface area (TPSA) is 74.5 Å². The Hall–Kier alpha value is -1.96. The average molecular weight is 359 g/mol. The maximum Gasteiger partial charge on any atom is 0.230 e. The lowest BCUT2D eigenvalue weighted by Gasteiger charge is -2.34. The van der Waals surface area contributed by atoms with Gasteiger partial charge in [-0.3, -0.25) is 4.79 Å². The minimum absolute atomic E-state index is 0.0445. The number of piperazine rings is 1. The zero-order valence-corrected chi connectivity index (χ0v) is 15.4. The minimum Gasteiger partial charge on any atom is -0.369 e. The number of amides is 1. The highest BCUT2D eigenvalue weighted by Gasteiger charge is 2.14. The highest BCUT2D eigenvalue weighted by atomic mass is 32.1. The van der Waals surface area contributed by atoms with E-state index in [9.17, 15) is 4.79 Å². The van der Waals surface area contributed by atoms with E-state index in [2.05, 4.69) is 39.3 Å². The van der Waals surface area contributed by atoms with Crippen molar-refractivity contribution in [3.05, 3.63) is 40.3 Å². The predicted octanol–water partition coefficient (Wildman–Crippen LogP) is 1.58. The summed E-state index contributed by atoms with van der Waals surface area (Å²) in [7, 11) is 2.15. The molecule has 1 fully saturated rings. The Kier molecular flexibility index (Phi) is 6.01. The molecule has 25 heavy (non-hydrogen) atoms. The molecule has 1 saturated heterocycles. The molecule has 0 bridgehead atoms. The van der Waals surface area contributed by atoms with Crippen molar-refractivity contribution in [1.82, 2.24) is 9.88 Å². The molecule has 7 heteroatoms. The number of carbonyl (C=O) groups excluding carboxylic acids is 1. The van der Waals surface area contributed by atoms with Crippen LogP contribution in [0.15, 0.2) is 29.6 Å². The van der Waals surface area contributed by atoms with Crippen LogP contribution in [0.4, 0.5) is 11.4 Å². The number of nitrogens with zero attached hydrogens (tertiary/aromatic N) is 3. The number of nitrogens with one attached hydrogen (secondary N) is 1. The van der Waals surface area contributed by atoms with Crippen LogP contribution in [0.2, 0.25) is 0 Å². The fourth-order valence-electron chi connectivity index (χ4n) is 2.86. The standard InChI is InChI=1S/C18H25N5OS/c1-22-8-10-23(11-9-22)16-4-2-14(3-5-16)20-17(24)12-15-13-25-18(21-15)6-7-19/h2-5,13H,6-12,19H2,1H3,(H,20,24). The lowest BCUT2D eigenvalue weighted by atomic mass is 10.2. The first-order valence-electron chi connectivity index (χ1n) is 8.61. The molecule has 0 aliphatic carbocycles. The largest absolute Gasteiger partial charge is 0.369 e. The van der Waals surface area contributed by atoms with Crippen molar-refractivity contribution in [1.29, 1.82) is 0 Å². The summed E-state index contributed by atoms with van der Waals surface area (Å²) in [5, 5.41) is 5.86. The van der Waals surface area contributed by atoms with Crippen LogP contribution < -0.4 is 16.0 Å². The van der Waals surface area contributed by atoms with Crippen molar-refractivity contribution in [2.45, 2.75) is 12.8 Å². The van der Waals surface area contributed by atoms with Crippen molar-refractivity contribution < 1.29 is 4.79 Å². The summed E-state index contributed by atoms with van der Waals surface area (Å²) >= 11 is 1.56. The monoisotopic (exact) mass is 359 g/mol. The summed E-state index contributed by atoms with van der Waals surface area (Å²) < 4.78 is 0. The molecular formula is C18H25N5OS. The molecule has 1 aliphatic heterocycles. The van der Waals surface area contributed by atoms with Gasteiger partial charge in [-0.15, -0.1) is 11.3 Å². The zero-order chi connectivity index (χ0) is 17.6. The van der Waals surface area contributed by atoms with E-state index >= 15 is 0 Å². The smallest absolute Gasteiger partial charge is 0.230 e. The van der Waals surface area contributed by atoms with E-state index in [4.69, 9.17) is 5.73 Å². The second kappa shape index (κ2) is 8.42. The number of anilines is 2. The molecule has 1 aliphatic rings. The molecular weight excluding hydrogens is 334 g/mol. The fraction of sp³-hybridized carbons (Fsp3) is 0.444.